The first-order valence-electron chi connectivity index (χ1n) is 7.16. The molecule has 0 spiro atoms. The van der Waals surface area contributed by atoms with Crippen LogP contribution in [0.25, 0.3) is 11.0 Å². The second-order valence-electron chi connectivity index (χ2n) is 5.66. The number of imidazole rings is 1. The van der Waals surface area contributed by atoms with Crippen molar-refractivity contribution in [2.75, 3.05) is 6.54 Å². The van der Waals surface area contributed by atoms with E-state index in [-0.39, 0.29) is 17.6 Å². The van der Waals surface area contributed by atoms with Crippen molar-refractivity contribution in [1.29, 1.82) is 0 Å². The summed E-state index contributed by atoms with van der Waals surface area (Å²) in [6, 6.07) is 3.79. The zero-order chi connectivity index (χ0) is 17.4. The van der Waals surface area contributed by atoms with Gasteiger partial charge in [0.05, 0.1) is 17.1 Å². The van der Waals surface area contributed by atoms with E-state index in [0.717, 1.165) is 4.57 Å². The number of fused-ring (bicyclic) bond motifs is 1. The van der Waals surface area contributed by atoms with Gasteiger partial charge >= 0.3 is 6.18 Å². The Kier molecular flexibility index (Phi) is 4.65. The predicted molar refractivity (Wildman–Crippen MR) is 79.1 cm³/mol. The molecule has 1 amide bonds. The van der Waals surface area contributed by atoms with Gasteiger partial charge < -0.3 is 15.0 Å². The fraction of sp³-hybridized carbons (Fsp3) is 0.467. The number of alkyl halides is 3. The van der Waals surface area contributed by atoms with Crippen LogP contribution in [0.3, 0.4) is 0 Å². The molecule has 0 radical (unpaired) electrons. The molecule has 2 N–H and O–H groups in total. The lowest BCUT2D eigenvalue weighted by atomic mass is 10.2. The van der Waals surface area contributed by atoms with E-state index < -0.39 is 30.1 Å². The number of amides is 1. The van der Waals surface area contributed by atoms with E-state index >= 15 is 0 Å². The highest BCUT2D eigenvalue weighted by Crippen LogP contribution is 2.33. The van der Waals surface area contributed by atoms with Gasteiger partial charge in [-0.2, -0.15) is 13.2 Å². The van der Waals surface area contributed by atoms with Crippen molar-refractivity contribution >= 4 is 16.9 Å². The minimum atomic E-state index is -4.57. The minimum Gasteiger partial charge on any atom is -0.392 e. The number of aromatic nitrogens is 2. The Morgan fingerprint density at radius 3 is 2.52 bits per heavy atom. The Morgan fingerprint density at radius 2 is 2.00 bits per heavy atom. The molecular weight excluding hydrogens is 311 g/mol. The number of carbonyl (C=O) groups is 1. The van der Waals surface area contributed by atoms with Crippen LogP contribution in [0.5, 0.6) is 0 Å². The van der Waals surface area contributed by atoms with Crippen LogP contribution in [0.1, 0.15) is 43.0 Å². The molecule has 0 fully saturated rings. The van der Waals surface area contributed by atoms with Gasteiger partial charge in [0, 0.05) is 18.2 Å². The molecule has 0 aliphatic carbocycles. The summed E-state index contributed by atoms with van der Waals surface area (Å²) in [5, 5.41) is 11.6. The van der Waals surface area contributed by atoms with E-state index in [9.17, 15) is 18.0 Å². The third-order valence-electron chi connectivity index (χ3n) is 3.28. The molecule has 8 heteroatoms. The minimum absolute atomic E-state index is 0.0606. The van der Waals surface area contributed by atoms with Crippen LogP contribution in [0, 0.1) is 0 Å². The van der Waals surface area contributed by atoms with Crippen molar-refractivity contribution in [2.24, 2.45) is 0 Å². The molecule has 0 bridgehead atoms. The summed E-state index contributed by atoms with van der Waals surface area (Å²) in [5.41, 5.74) is 0.621. The summed E-state index contributed by atoms with van der Waals surface area (Å²) in [6.07, 6.45) is -5.28. The molecule has 1 atom stereocenters. The molecule has 0 aliphatic heterocycles. The Labute approximate surface area is 131 Å². The van der Waals surface area contributed by atoms with Crippen molar-refractivity contribution in [3.05, 3.63) is 29.6 Å². The average Bonchev–Trinajstić information content (AvgIpc) is 2.83. The molecule has 23 heavy (non-hydrogen) atoms. The van der Waals surface area contributed by atoms with E-state index in [0.29, 0.717) is 5.52 Å². The molecule has 1 unspecified atom stereocenters. The Hall–Kier alpha value is -2.09. The number of nitrogens with one attached hydrogen (secondary N) is 1. The first-order valence-corrected chi connectivity index (χ1v) is 7.16. The van der Waals surface area contributed by atoms with Gasteiger partial charge in [0.15, 0.2) is 0 Å². The first-order chi connectivity index (χ1) is 10.6. The molecule has 2 aromatic rings. The fourth-order valence-corrected chi connectivity index (χ4v) is 2.31. The summed E-state index contributed by atoms with van der Waals surface area (Å²) >= 11 is 0. The Morgan fingerprint density at radius 1 is 1.35 bits per heavy atom. The number of aliphatic hydroxyl groups is 1. The third kappa shape index (κ3) is 3.64. The zero-order valence-corrected chi connectivity index (χ0v) is 13.0. The van der Waals surface area contributed by atoms with Gasteiger partial charge in [0.2, 0.25) is 5.82 Å². The van der Waals surface area contributed by atoms with Gasteiger partial charge in [-0.3, -0.25) is 4.79 Å². The van der Waals surface area contributed by atoms with Gasteiger partial charge in [0.25, 0.3) is 5.91 Å². The number of benzene rings is 1. The van der Waals surface area contributed by atoms with E-state index in [1.54, 1.807) is 13.8 Å². The lowest BCUT2D eigenvalue weighted by Crippen LogP contribution is -2.30. The van der Waals surface area contributed by atoms with Gasteiger partial charge in [-0.1, -0.05) is 0 Å². The fourth-order valence-electron chi connectivity index (χ4n) is 2.31. The lowest BCUT2D eigenvalue weighted by molar-refractivity contribution is -0.147. The Bertz CT molecular complexity index is 721. The number of hydrogen-bond acceptors (Lipinski definition) is 3. The van der Waals surface area contributed by atoms with Crippen LogP contribution in [-0.2, 0) is 6.18 Å². The number of rotatable bonds is 4. The molecule has 0 aliphatic rings. The van der Waals surface area contributed by atoms with Crippen molar-refractivity contribution < 1.29 is 23.1 Å². The predicted octanol–water partition coefficient (Wildman–Crippen LogP) is 2.75. The van der Waals surface area contributed by atoms with Crippen LogP contribution >= 0.6 is 0 Å². The molecule has 1 aromatic heterocycles. The normalized spacial score (nSPS) is 13.6. The molecular formula is C15H18F3N3O2. The maximum atomic E-state index is 13.1. The Balaban J connectivity index is 2.47. The maximum Gasteiger partial charge on any atom is 0.449 e. The van der Waals surface area contributed by atoms with Gasteiger partial charge in [-0.15, -0.1) is 0 Å². The van der Waals surface area contributed by atoms with E-state index in [2.05, 4.69) is 10.3 Å². The molecule has 126 valence electrons. The number of halogens is 3. The SMILES string of the molecule is CC(O)CNC(=O)c1ccc2c(c1)nc(C(F)(F)F)n2C(C)C. The van der Waals surface area contributed by atoms with Crippen molar-refractivity contribution in [3.63, 3.8) is 0 Å². The van der Waals surface area contributed by atoms with Gasteiger partial charge in [-0.05, 0) is 39.0 Å². The highest BCUT2D eigenvalue weighted by Gasteiger charge is 2.38. The lowest BCUT2D eigenvalue weighted by Gasteiger charge is -2.14. The smallest absolute Gasteiger partial charge is 0.392 e. The molecule has 0 saturated heterocycles. The molecule has 2 rings (SSSR count). The molecule has 1 heterocycles. The summed E-state index contributed by atoms with van der Waals surface area (Å²) in [4.78, 5) is 15.6. The summed E-state index contributed by atoms with van der Waals surface area (Å²) < 4.78 is 40.5. The maximum absolute atomic E-state index is 13.1. The van der Waals surface area contributed by atoms with Crippen molar-refractivity contribution in [3.8, 4) is 0 Å². The van der Waals surface area contributed by atoms with Gasteiger partial charge in [-0.25, -0.2) is 4.98 Å². The largest absolute Gasteiger partial charge is 0.449 e. The third-order valence-corrected chi connectivity index (χ3v) is 3.28. The van der Waals surface area contributed by atoms with E-state index in [1.807, 2.05) is 0 Å². The average molecular weight is 329 g/mol. The topological polar surface area (TPSA) is 67.2 Å². The highest BCUT2D eigenvalue weighted by molar-refractivity contribution is 5.97. The highest BCUT2D eigenvalue weighted by atomic mass is 19.4. The molecule has 5 nitrogen and oxygen atoms in total. The van der Waals surface area contributed by atoms with Crippen LogP contribution < -0.4 is 5.32 Å². The van der Waals surface area contributed by atoms with Crippen LogP contribution in [0.4, 0.5) is 13.2 Å². The second kappa shape index (κ2) is 6.19. The van der Waals surface area contributed by atoms with Crippen LogP contribution in [0.15, 0.2) is 18.2 Å². The van der Waals surface area contributed by atoms with Crippen molar-refractivity contribution in [2.45, 2.75) is 39.1 Å². The summed E-state index contributed by atoms with van der Waals surface area (Å²) in [7, 11) is 0. The summed E-state index contributed by atoms with van der Waals surface area (Å²) in [5.74, 6) is -1.45. The zero-order valence-electron chi connectivity index (χ0n) is 13.0. The first kappa shape index (κ1) is 17.3. The van der Waals surface area contributed by atoms with Crippen molar-refractivity contribution in [1.82, 2.24) is 14.9 Å². The molecule has 1 aromatic carbocycles. The van der Waals surface area contributed by atoms with E-state index in [4.69, 9.17) is 5.11 Å². The number of hydrogen-bond donors (Lipinski definition) is 2. The second-order valence-corrected chi connectivity index (χ2v) is 5.66. The van der Waals surface area contributed by atoms with Crippen LogP contribution in [-0.4, -0.2) is 33.2 Å². The number of nitrogens with zero attached hydrogens (tertiary/aromatic N) is 2. The number of aliphatic hydroxyl groups excluding tert-OH is 1. The van der Waals surface area contributed by atoms with Crippen LogP contribution in [0.2, 0.25) is 0 Å². The monoisotopic (exact) mass is 329 g/mol. The van der Waals surface area contributed by atoms with Gasteiger partial charge in [0.1, 0.15) is 0 Å². The number of carbonyl (C=O) groups excluding carboxylic acids is 1. The quantitative estimate of drug-likeness (QED) is 0.906. The summed E-state index contributed by atoms with van der Waals surface area (Å²) in [6.45, 7) is 4.85. The molecule has 0 saturated carbocycles. The standard InChI is InChI=1S/C15H18F3N3O2/c1-8(2)21-12-5-4-10(13(23)19-7-9(3)22)6-11(12)20-14(21)15(16,17)18/h4-6,8-9,22H,7H2,1-3H3,(H,19,23). The van der Waals surface area contributed by atoms with E-state index in [1.165, 1.54) is 25.1 Å².